The number of amides is 1. The van der Waals surface area contributed by atoms with Gasteiger partial charge in [-0.25, -0.2) is 0 Å². The third-order valence-electron chi connectivity index (χ3n) is 4.85. The van der Waals surface area contributed by atoms with Gasteiger partial charge in [0.2, 0.25) is 12.7 Å². The van der Waals surface area contributed by atoms with Crippen molar-refractivity contribution in [3.05, 3.63) is 53.9 Å². The fourth-order valence-electron chi connectivity index (χ4n) is 3.43. The van der Waals surface area contributed by atoms with Crippen LogP contribution in [0.5, 0.6) is 11.5 Å². The minimum atomic E-state index is -0.0176. The molecule has 0 radical (unpaired) electrons. The highest BCUT2D eigenvalue weighted by Gasteiger charge is 2.23. The van der Waals surface area contributed by atoms with Crippen molar-refractivity contribution in [2.45, 2.75) is 12.5 Å². The second kappa shape index (κ2) is 8.37. The zero-order valence-corrected chi connectivity index (χ0v) is 15.1. The van der Waals surface area contributed by atoms with Crippen LogP contribution >= 0.6 is 0 Å². The first-order valence-corrected chi connectivity index (χ1v) is 9.16. The second-order valence-corrected chi connectivity index (χ2v) is 6.62. The van der Waals surface area contributed by atoms with Crippen LogP contribution in [0.1, 0.15) is 17.2 Å². The topological polar surface area (TPSA) is 72.9 Å². The molecule has 1 aromatic carbocycles. The fraction of sp³-hybridized carbons (Fsp3) is 0.400. The molecule has 3 heterocycles. The fourth-order valence-corrected chi connectivity index (χ4v) is 3.43. The van der Waals surface area contributed by atoms with Gasteiger partial charge >= 0.3 is 0 Å². The molecule has 0 saturated carbocycles. The van der Waals surface area contributed by atoms with Crippen molar-refractivity contribution >= 4 is 5.91 Å². The van der Waals surface area contributed by atoms with Gasteiger partial charge in [-0.15, -0.1) is 0 Å². The van der Waals surface area contributed by atoms with E-state index in [4.69, 9.17) is 14.2 Å². The highest BCUT2D eigenvalue weighted by Crippen LogP contribution is 2.32. The molecule has 7 heteroatoms. The standard InChI is InChI=1S/C20H23N3O4/c24-20(11-15-3-4-18-19(10-15)27-14-26-18)22-13-17(16-2-1-5-21-12-16)23-6-8-25-9-7-23/h1-5,10,12,17H,6-9,11,13-14H2,(H,22,24)/t17-/m1/s1. The molecule has 2 aliphatic heterocycles. The molecule has 27 heavy (non-hydrogen) atoms. The number of nitrogens with one attached hydrogen (secondary N) is 1. The van der Waals surface area contributed by atoms with Gasteiger partial charge in [0.15, 0.2) is 11.5 Å². The molecule has 2 aromatic rings. The number of rotatable bonds is 6. The molecule has 1 amide bonds. The number of carbonyl (C=O) groups is 1. The Morgan fingerprint density at radius 3 is 2.85 bits per heavy atom. The Kier molecular flexibility index (Phi) is 5.50. The van der Waals surface area contributed by atoms with Gasteiger partial charge in [0, 0.05) is 32.0 Å². The van der Waals surface area contributed by atoms with Gasteiger partial charge in [0.05, 0.1) is 25.7 Å². The number of morpholine rings is 1. The number of aromatic nitrogens is 1. The molecule has 1 aromatic heterocycles. The SMILES string of the molecule is O=C(Cc1ccc2c(c1)OCO2)NC[C@H](c1cccnc1)N1CCOCC1. The van der Waals surface area contributed by atoms with Crippen molar-refractivity contribution in [2.24, 2.45) is 0 Å². The summed E-state index contributed by atoms with van der Waals surface area (Å²) >= 11 is 0. The lowest BCUT2D eigenvalue weighted by Crippen LogP contribution is -2.44. The maximum Gasteiger partial charge on any atom is 0.231 e. The van der Waals surface area contributed by atoms with Crippen molar-refractivity contribution in [3.63, 3.8) is 0 Å². The van der Waals surface area contributed by atoms with E-state index in [0.29, 0.717) is 31.9 Å². The number of ether oxygens (including phenoxy) is 3. The molecule has 142 valence electrons. The zero-order chi connectivity index (χ0) is 18.5. The van der Waals surface area contributed by atoms with E-state index in [0.717, 1.165) is 30.0 Å². The molecule has 2 aliphatic rings. The molecule has 7 nitrogen and oxygen atoms in total. The van der Waals surface area contributed by atoms with Crippen molar-refractivity contribution < 1.29 is 19.0 Å². The number of pyridine rings is 1. The third kappa shape index (κ3) is 4.37. The quantitative estimate of drug-likeness (QED) is 0.833. The van der Waals surface area contributed by atoms with Gasteiger partial charge in [-0.1, -0.05) is 12.1 Å². The van der Waals surface area contributed by atoms with Crippen LogP contribution in [0.15, 0.2) is 42.7 Å². The van der Waals surface area contributed by atoms with Crippen LogP contribution in [0.2, 0.25) is 0 Å². The van der Waals surface area contributed by atoms with Crippen LogP contribution < -0.4 is 14.8 Å². The summed E-state index contributed by atoms with van der Waals surface area (Å²) in [6.07, 6.45) is 3.93. The minimum absolute atomic E-state index is 0.0176. The average molecular weight is 369 g/mol. The maximum atomic E-state index is 12.5. The largest absolute Gasteiger partial charge is 0.454 e. The summed E-state index contributed by atoms with van der Waals surface area (Å²) in [6, 6.07) is 9.67. The molecule has 1 saturated heterocycles. The Morgan fingerprint density at radius 2 is 2.04 bits per heavy atom. The Balaban J connectivity index is 1.38. The highest BCUT2D eigenvalue weighted by molar-refractivity contribution is 5.78. The van der Waals surface area contributed by atoms with E-state index in [1.807, 2.05) is 30.5 Å². The lowest BCUT2D eigenvalue weighted by molar-refractivity contribution is -0.120. The Labute approximate surface area is 158 Å². The van der Waals surface area contributed by atoms with Gasteiger partial charge < -0.3 is 19.5 Å². The Morgan fingerprint density at radius 1 is 1.19 bits per heavy atom. The lowest BCUT2D eigenvalue weighted by atomic mass is 10.1. The minimum Gasteiger partial charge on any atom is -0.454 e. The maximum absolute atomic E-state index is 12.5. The molecular formula is C20H23N3O4. The molecule has 0 unspecified atom stereocenters. The predicted octanol–water partition coefficient (Wildman–Crippen LogP) is 1.54. The number of nitrogens with zero attached hydrogens (tertiary/aromatic N) is 2. The monoisotopic (exact) mass is 369 g/mol. The van der Waals surface area contributed by atoms with E-state index < -0.39 is 0 Å². The predicted molar refractivity (Wildman–Crippen MR) is 98.6 cm³/mol. The number of benzene rings is 1. The van der Waals surface area contributed by atoms with E-state index in [2.05, 4.69) is 21.3 Å². The molecular weight excluding hydrogens is 346 g/mol. The van der Waals surface area contributed by atoms with Crippen LogP contribution in [0.25, 0.3) is 0 Å². The van der Waals surface area contributed by atoms with E-state index in [-0.39, 0.29) is 18.7 Å². The highest BCUT2D eigenvalue weighted by atomic mass is 16.7. The van der Waals surface area contributed by atoms with E-state index in [1.165, 1.54) is 0 Å². The number of fused-ring (bicyclic) bond motifs is 1. The average Bonchev–Trinajstić information content (AvgIpc) is 3.18. The second-order valence-electron chi connectivity index (χ2n) is 6.62. The summed E-state index contributed by atoms with van der Waals surface area (Å²) in [6.45, 7) is 3.88. The van der Waals surface area contributed by atoms with E-state index >= 15 is 0 Å². The summed E-state index contributed by atoms with van der Waals surface area (Å²) in [5, 5.41) is 3.07. The van der Waals surface area contributed by atoms with Crippen LogP contribution in [0.4, 0.5) is 0 Å². The first kappa shape index (κ1) is 17.8. The molecule has 4 rings (SSSR count). The number of carbonyl (C=O) groups excluding carboxylic acids is 1. The molecule has 1 atom stereocenters. The normalized spacial score (nSPS) is 17.5. The molecule has 1 fully saturated rings. The summed E-state index contributed by atoms with van der Waals surface area (Å²) in [4.78, 5) is 19.1. The number of hydrogen-bond donors (Lipinski definition) is 1. The lowest BCUT2D eigenvalue weighted by Gasteiger charge is -2.34. The van der Waals surface area contributed by atoms with Gasteiger partial charge in [0.1, 0.15) is 0 Å². The van der Waals surface area contributed by atoms with Crippen molar-refractivity contribution in [3.8, 4) is 11.5 Å². The summed E-state index contributed by atoms with van der Waals surface area (Å²) in [5.74, 6) is 1.40. The first-order chi connectivity index (χ1) is 13.3. The number of hydrogen-bond acceptors (Lipinski definition) is 6. The smallest absolute Gasteiger partial charge is 0.231 e. The summed E-state index contributed by atoms with van der Waals surface area (Å²) in [5.41, 5.74) is 2.00. The first-order valence-electron chi connectivity index (χ1n) is 9.16. The summed E-state index contributed by atoms with van der Waals surface area (Å²) < 4.78 is 16.1. The third-order valence-corrected chi connectivity index (χ3v) is 4.85. The van der Waals surface area contributed by atoms with Gasteiger partial charge in [0.25, 0.3) is 0 Å². The molecule has 0 bridgehead atoms. The van der Waals surface area contributed by atoms with Crippen LogP contribution in [-0.2, 0) is 16.0 Å². The van der Waals surface area contributed by atoms with E-state index in [1.54, 1.807) is 6.20 Å². The Hall–Kier alpha value is -2.64. The van der Waals surface area contributed by atoms with Crippen LogP contribution in [0, 0.1) is 0 Å². The van der Waals surface area contributed by atoms with Crippen molar-refractivity contribution in [2.75, 3.05) is 39.6 Å². The van der Waals surface area contributed by atoms with E-state index in [9.17, 15) is 4.79 Å². The molecule has 0 aliphatic carbocycles. The molecule has 0 spiro atoms. The van der Waals surface area contributed by atoms with Crippen LogP contribution in [-0.4, -0.2) is 55.4 Å². The summed E-state index contributed by atoms with van der Waals surface area (Å²) in [7, 11) is 0. The van der Waals surface area contributed by atoms with Gasteiger partial charge in [-0.3, -0.25) is 14.7 Å². The van der Waals surface area contributed by atoms with Gasteiger partial charge in [-0.2, -0.15) is 0 Å². The molecule has 1 N–H and O–H groups in total. The Bertz CT molecular complexity index is 778. The van der Waals surface area contributed by atoms with Crippen LogP contribution in [0.3, 0.4) is 0 Å². The van der Waals surface area contributed by atoms with Crippen molar-refractivity contribution in [1.82, 2.24) is 15.2 Å². The van der Waals surface area contributed by atoms with Gasteiger partial charge in [-0.05, 0) is 29.3 Å². The van der Waals surface area contributed by atoms with Crippen molar-refractivity contribution in [1.29, 1.82) is 0 Å². The zero-order valence-electron chi connectivity index (χ0n) is 15.1.